The molecule has 2 saturated heterocycles. The second kappa shape index (κ2) is 9.32. The largest absolute Gasteiger partial charge is 0.366 e. The monoisotopic (exact) mass is 345 g/mol. The molecule has 2 unspecified atom stereocenters. The summed E-state index contributed by atoms with van der Waals surface area (Å²) >= 11 is 0. The summed E-state index contributed by atoms with van der Waals surface area (Å²) in [4.78, 5) is 17.1. The lowest BCUT2D eigenvalue weighted by molar-refractivity contribution is -0.138. The lowest BCUT2D eigenvalue weighted by Gasteiger charge is -2.31. The van der Waals surface area contributed by atoms with Gasteiger partial charge in [-0.25, -0.2) is 0 Å². The molecule has 5 heteroatoms. The van der Waals surface area contributed by atoms with Gasteiger partial charge in [0.2, 0.25) is 5.91 Å². The number of carbonyl (C=O) groups is 1. The second-order valence-corrected chi connectivity index (χ2v) is 7.19. The number of hydrogen-bond donors (Lipinski definition) is 1. The SMILES string of the molecule is CCN1CCOC(C(=O)NCC2CCN(CCc3ccccc3)C2)C1. The van der Waals surface area contributed by atoms with Gasteiger partial charge in [-0.1, -0.05) is 37.3 Å². The Morgan fingerprint density at radius 1 is 1.20 bits per heavy atom. The number of benzene rings is 1. The number of nitrogens with zero attached hydrogens (tertiary/aromatic N) is 2. The zero-order chi connectivity index (χ0) is 17.5. The first-order valence-corrected chi connectivity index (χ1v) is 9.62. The summed E-state index contributed by atoms with van der Waals surface area (Å²) in [5, 5.41) is 3.12. The molecule has 1 N–H and O–H groups in total. The quantitative estimate of drug-likeness (QED) is 0.811. The molecule has 3 rings (SSSR count). The predicted molar refractivity (Wildman–Crippen MR) is 99.6 cm³/mol. The highest BCUT2D eigenvalue weighted by atomic mass is 16.5. The van der Waals surface area contributed by atoms with E-state index >= 15 is 0 Å². The average Bonchev–Trinajstić information content (AvgIpc) is 3.13. The van der Waals surface area contributed by atoms with Crippen LogP contribution in [0.2, 0.25) is 0 Å². The highest BCUT2D eigenvalue weighted by Gasteiger charge is 2.27. The maximum Gasteiger partial charge on any atom is 0.250 e. The fourth-order valence-electron chi connectivity index (χ4n) is 3.72. The van der Waals surface area contributed by atoms with E-state index in [0.717, 1.165) is 52.2 Å². The van der Waals surface area contributed by atoms with E-state index in [1.54, 1.807) is 0 Å². The minimum atomic E-state index is -0.302. The molecule has 2 aliphatic heterocycles. The van der Waals surface area contributed by atoms with Crippen LogP contribution >= 0.6 is 0 Å². The number of carbonyl (C=O) groups excluding carboxylic acids is 1. The van der Waals surface area contributed by atoms with Gasteiger partial charge in [0.15, 0.2) is 0 Å². The third-order valence-corrected chi connectivity index (χ3v) is 5.38. The van der Waals surface area contributed by atoms with E-state index in [1.807, 2.05) is 0 Å². The molecule has 5 nitrogen and oxygen atoms in total. The van der Waals surface area contributed by atoms with Crippen molar-refractivity contribution in [1.29, 1.82) is 0 Å². The smallest absolute Gasteiger partial charge is 0.250 e. The highest BCUT2D eigenvalue weighted by Crippen LogP contribution is 2.16. The molecule has 138 valence electrons. The van der Waals surface area contributed by atoms with Crippen LogP contribution in [0, 0.1) is 5.92 Å². The number of ether oxygens (including phenoxy) is 1. The normalized spacial score (nSPS) is 25.2. The minimum Gasteiger partial charge on any atom is -0.366 e. The van der Waals surface area contributed by atoms with Crippen LogP contribution in [0.4, 0.5) is 0 Å². The minimum absolute atomic E-state index is 0.0564. The van der Waals surface area contributed by atoms with Crippen LogP contribution in [0.25, 0.3) is 0 Å². The van der Waals surface area contributed by atoms with Gasteiger partial charge in [-0.2, -0.15) is 0 Å². The fourth-order valence-corrected chi connectivity index (χ4v) is 3.72. The van der Waals surface area contributed by atoms with E-state index in [4.69, 9.17) is 4.74 Å². The van der Waals surface area contributed by atoms with Crippen molar-refractivity contribution in [3.8, 4) is 0 Å². The zero-order valence-electron chi connectivity index (χ0n) is 15.3. The molecule has 2 heterocycles. The Morgan fingerprint density at radius 3 is 2.84 bits per heavy atom. The second-order valence-electron chi connectivity index (χ2n) is 7.19. The standard InChI is InChI=1S/C20H31N3O2/c1-2-22-12-13-25-19(16-22)20(24)21-14-18-9-11-23(15-18)10-8-17-6-4-3-5-7-17/h3-7,18-19H,2,8-16H2,1H3,(H,21,24). The van der Waals surface area contributed by atoms with Crippen LogP contribution in [0.3, 0.4) is 0 Å². The van der Waals surface area contributed by atoms with E-state index in [9.17, 15) is 4.79 Å². The Kier molecular flexibility index (Phi) is 6.84. The Labute approximate surface area is 151 Å². The van der Waals surface area contributed by atoms with E-state index in [2.05, 4.69) is 52.4 Å². The molecule has 25 heavy (non-hydrogen) atoms. The highest BCUT2D eigenvalue weighted by molar-refractivity contribution is 5.81. The molecule has 1 aromatic rings. The molecule has 0 spiro atoms. The van der Waals surface area contributed by atoms with Gasteiger partial charge in [0.05, 0.1) is 6.61 Å². The molecule has 2 atom stereocenters. The lowest BCUT2D eigenvalue weighted by atomic mass is 10.1. The van der Waals surface area contributed by atoms with Crippen molar-refractivity contribution in [2.75, 3.05) is 52.4 Å². The summed E-state index contributed by atoms with van der Waals surface area (Å²) in [5.41, 5.74) is 1.40. The topological polar surface area (TPSA) is 44.8 Å². The molecule has 0 aromatic heterocycles. The fraction of sp³-hybridized carbons (Fsp3) is 0.650. The van der Waals surface area contributed by atoms with Crippen LogP contribution in [-0.2, 0) is 16.0 Å². The van der Waals surface area contributed by atoms with Crippen molar-refractivity contribution in [1.82, 2.24) is 15.1 Å². The van der Waals surface area contributed by atoms with Crippen molar-refractivity contribution in [2.45, 2.75) is 25.9 Å². The van der Waals surface area contributed by atoms with Gasteiger partial charge in [-0.05, 0) is 37.4 Å². The molecule has 1 aromatic carbocycles. The van der Waals surface area contributed by atoms with Crippen LogP contribution in [0.1, 0.15) is 18.9 Å². The molecule has 1 amide bonds. The first kappa shape index (κ1) is 18.4. The summed E-state index contributed by atoms with van der Waals surface area (Å²) in [5.74, 6) is 0.617. The lowest BCUT2D eigenvalue weighted by Crippen LogP contribution is -2.50. The average molecular weight is 345 g/mol. The van der Waals surface area contributed by atoms with Gasteiger partial charge in [0, 0.05) is 32.7 Å². The van der Waals surface area contributed by atoms with Crippen LogP contribution in [0.5, 0.6) is 0 Å². The Bertz CT molecular complexity index is 537. The van der Waals surface area contributed by atoms with E-state index in [1.165, 1.54) is 12.0 Å². The number of likely N-dealkylation sites (N-methyl/N-ethyl adjacent to an activating group) is 1. The van der Waals surface area contributed by atoms with Crippen molar-refractivity contribution in [3.05, 3.63) is 35.9 Å². The Balaban J connectivity index is 1.35. The summed E-state index contributed by atoms with van der Waals surface area (Å²) in [6, 6.07) is 10.7. The number of likely N-dealkylation sites (tertiary alicyclic amines) is 1. The summed E-state index contributed by atoms with van der Waals surface area (Å²) in [6.45, 7) is 9.50. The predicted octanol–water partition coefficient (Wildman–Crippen LogP) is 1.39. The van der Waals surface area contributed by atoms with Crippen molar-refractivity contribution < 1.29 is 9.53 Å². The number of hydrogen-bond acceptors (Lipinski definition) is 4. The van der Waals surface area contributed by atoms with Gasteiger partial charge in [0.1, 0.15) is 6.10 Å². The van der Waals surface area contributed by atoms with Gasteiger partial charge >= 0.3 is 0 Å². The Hall–Kier alpha value is -1.43. The summed E-state index contributed by atoms with van der Waals surface area (Å²) in [6.07, 6.45) is 1.97. The first-order chi connectivity index (χ1) is 12.2. The van der Waals surface area contributed by atoms with E-state index < -0.39 is 0 Å². The summed E-state index contributed by atoms with van der Waals surface area (Å²) in [7, 11) is 0. The van der Waals surface area contributed by atoms with Crippen molar-refractivity contribution in [3.63, 3.8) is 0 Å². The maximum atomic E-state index is 12.3. The van der Waals surface area contributed by atoms with Gasteiger partial charge in [-0.15, -0.1) is 0 Å². The number of morpholine rings is 1. The van der Waals surface area contributed by atoms with E-state index in [0.29, 0.717) is 12.5 Å². The number of rotatable bonds is 7. The van der Waals surface area contributed by atoms with Gasteiger partial charge < -0.3 is 15.0 Å². The summed E-state index contributed by atoms with van der Waals surface area (Å²) < 4.78 is 5.63. The number of nitrogens with one attached hydrogen (secondary N) is 1. The molecule has 0 aliphatic carbocycles. The zero-order valence-corrected chi connectivity index (χ0v) is 15.3. The number of amides is 1. The van der Waals surface area contributed by atoms with E-state index in [-0.39, 0.29) is 12.0 Å². The van der Waals surface area contributed by atoms with Crippen LogP contribution in [0.15, 0.2) is 30.3 Å². The molecule has 0 saturated carbocycles. The molecule has 0 bridgehead atoms. The maximum absolute atomic E-state index is 12.3. The molecule has 0 radical (unpaired) electrons. The van der Waals surface area contributed by atoms with Crippen LogP contribution in [-0.4, -0.2) is 74.2 Å². The Morgan fingerprint density at radius 2 is 2.04 bits per heavy atom. The van der Waals surface area contributed by atoms with Crippen molar-refractivity contribution in [2.24, 2.45) is 5.92 Å². The van der Waals surface area contributed by atoms with Crippen molar-refractivity contribution >= 4 is 5.91 Å². The molecular weight excluding hydrogens is 314 g/mol. The molecule has 2 aliphatic rings. The third kappa shape index (κ3) is 5.53. The molecular formula is C20H31N3O2. The van der Waals surface area contributed by atoms with Gasteiger partial charge in [-0.3, -0.25) is 9.69 Å². The van der Waals surface area contributed by atoms with Crippen LogP contribution < -0.4 is 5.32 Å². The third-order valence-electron chi connectivity index (χ3n) is 5.38. The first-order valence-electron chi connectivity index (χ1n) is 9.62. The molecule has 2 fully saturated rings. The van der Waals surface area contributed by atoms with Gasteiger partial charge in [0.25, 0.3) is 0 Å².